The smallest absolute Gasteiger partial charge is 0.414 e. The van der Waals surface area contributed by atoms with Crippen molar-refractivity contribution in [2.75, 3.05) is 20.6 Å². The monoisotopic (exact) mass is 355 g/mol. The summed E-state index contributed by atoms with van der Waals surface area (Å²) in [6, 6.07) is 6.80. The fourth-order valence-corrected chi connectivity index (χ4v) is 3.20. The first kappa shape index (κ1) is 21.1. The van der Waals surface area contributed by atoms with E-state index in [0.29, 0.717) is 12.0 Å². The van der Waals surface area contributed by atoms with Crippen LogP contribution in [0, 0.1) is 11.7 Å². The molecule has 1 aliphatic rings. The van der Waals surface area contributed by atoms with Crippen LogP contribution in [0.2, 0.25) is 0 Å². The van der Waals surface area contributed by atoms with Gasteiger partial charge in [-0.2, -0.15) is 0 Å². The van der Waals surface area contributed by atoms with E-state index < -0.39 is 17.5 Å². The van der Waals surface area contributed by atoms with Gasteiger partial charge >= 0.3 is 11.9 Å². The Morgan fingerprint density at radius 3 is 2.32 bits per heavy atom. The molecule has 1 fully saturated rings. The van der Waals surface area contributed by atoms with E-state index in [1.807, 2.05) is 20.2 Å². The molecule has 140 valence electrons. The van der Waals surface area contributed by atoms with Gasteiger partial charge in [-0.15, -0.1) is 0 Å². The number of aliphatic hydroxyl groups is 1. The van der Waals surface area contributed by atoms with E-state index in [1.165, 1.54) is 6.07 Å². The molecule has 2 rings (SSSR count). The Bertz CT molecular complexity index is 581. The van der Waals surface area contributed by atoms with E-state index in [1.54, 1.807) is 12.1 Å². The highest BCUT2D eigenvalue weighted by Gasteiger charge is 2.39. The van der Waals surface area contributed by atoms with Crippen molar-refractivity contribution in [1.82, 2.24) is 4.90 Å². The largest absolute Gasteiger partial charge is 0.473 e. The molecular weight excluding hydrogens is 329 g/mol. The second-order valence-electron chi connectivity index (χ2n) is 6.69. The fourth-order valence-electron chi connectivity index (χ4n) is 3.20. The van der Waals surface area contributed by atoms with Crippen LogP contribution in [-0.4, -0.2) is 58.4 Å². The summed E-state index contributed by atoms with van der Waals surface area (Å²) in [6.07, 6.45) is 4.44. The number of carboxylic acids is 2. The first-order valence-corrected chi connectivity index (χ1v) is 8.22. The number of hydrogen-bond acceptors (Lipinski definition) is 4. The van der Waals surface area contributed by atoms with Gasteiger partial charge in [-0.25, -0.2) is 14.0 Å². The van der Waals surface area contributed by atoms with Crippen LogP contribution in [-0.2, 0) is 16.0 Å². The minimum atomic E-state index is -1.82. The van der Waals surface area contributed by atoms with E-state index in [4.69, 9.17) is 19.8 Å². The Morgan fingerprint density at radius 1 is 1.20 bits per heavy atom. The van der Waals surface area contributed by atoms with E-state index in [-0.39, 0.29) is 11.7 Å². The Labute approximate surface area is 146 Å². The average molecular weight is 355 g/mol. The average Bonchev–Trinajstić information content (AvgIpc) is 2.52. The van der Waals surface area contributed by atoms with Crippen molar-refractivity contribution in [2.24, 2.45) is 5.92 Å². The number of benzene rings is 1. The molecule has 0 aromatic heterocycles. The van der Waals surface area contributed by atoms with E-state index in [2.05, 4.69) is 4.90 Å². The molecule has 0 saturated heterocycles. The zero-order valence-electron chi connectivity index (χ0n) is 14.6. The molecule has 6 nitrogen and oxygen atoms in total. The normalized spacial score (nSPS) is 22.8. The van der Waals surface area contributed by atoms with Gasteiger partial charge in [0.15, 0.2) is 0 Å². The first-order chi connectivity index (χ1) is 11.7. The van der Waals surface area contributed by atoms with Crippen molar-refractivity contribution < 1.29 is 29.3 Å². The quantitative estimate of drug-likeness (QED) is 0.715. The number of halogens is 1. The van der Waals surface area contributed by atoms with Gasteiger partial charge in [0.05, 0.1) is 5.60 Å². The summed E-state index contributed by atoms with van der Waals surface area (Å²) in [4.78, 5) is 20.3. The zero-order valence-corrected chi connectivity index (χ0v) is 14.6. The summed E-state index contributed by atoms with van der Waals surface area (Å²) in [7, 11) is 4.05. The van der Waals surface area contributed by atoms with Crippen LogP contribution in [0.5, 0.6) is 0 Å². The highest BCUT2D eigenvalue weighted by molar-refractivity contribution is 6.27. The molecule has 0 spiro atoms. The second-order valence-corrected chi connectivity index (χ2v) is 6.69. The van der Waals surface area contributed by atoms with Gasteiger partial charge < -0.3 is 20.2 Å². The van der Waals surface area contributed by atoms with E-state index in [9.17, 15) is 9.50 Å². The van der Waals surface area contributed by atoms with E-state index in [0.717, 1.165) is 32.2 Å². The van der Waals surface area contributed by atoms with Crippen molar-refractivity contribution in [1.29, 1.82) is 0 Å². The van der Waals surface area contributed by atoms with Crippen LogP contribution in [0.15, 0.2) is 24.3 Å². The van der Waals surface area contributed by atoms with Gasteiger partial charge in [-0.3, -0.25) is 0 Å². The molecule has 0 unspecified atom stereocenters. The van der Waals surface area contributed by atoms with Crippen molar-refractivity contribution in [2.45, 2.75) is 37.7 Å². The van der Waals surface area contributed by atoms with Crippen LogP contribution < -0.4 is 0 Å². The molecule has 0 heterocycles. The highest BCUT2D eigenvalue weighted by Crippen LogP contribution is 2.37. The first-order valence-electron chi connectivity index (χ1n) is 8.22. The summed E-state index contributed by atoms with van der Waals surface area (Å²) in [5.74, 6) is -3.62. The lowest BCUT2D eigenvalue weighted by Crippen LogP contribution is -2.47. The Hall–Kier alpha value is -1.99. The number of hydrogen-bond donors (Lipinski definition) is 3. The van der Waals surface area contributed by atoms with Gasteiger partial charge in [0, 0.05) is 18.9 Å². The summed E-state index contributed by atoms with van der Waals surface area (Å²) < 4.78 is 13.8. The molecule has 25 heavy (non-hydrogen) atoms. The number of rotatable bonds is 4. The third-order valence-corrected chi connectivity index (χ3v) is 4.40. The Balaban J connectivity index is 0.000000450. The van der Waals surface area contributed by atoms with Crippen LogP contribution >= 0.6 is 0 Å². The van der Waals surface area contributed by atoms with Crippen molar-refractivity contribution in [3.8, 4) is 0 Å². The molecule has 7 heteroatoms. The third-order valence-electron chi connectivity index (χ3n) is 4.40. The topological polar surface area (TPSA) is 98.1 Å². The van der Waals surface area contributed by atoms with Gasteiger partial charge in [-0.1, -0.05) is 31.0 Å². The maximum atomic E-state index is 13.8. The van der Waals surface area contributed by atoms with Gasteiger partial charge in [0.25, 0.3) is 0 Å². The zero-order chi connectivity index (χ0) is 19.0. The third kappa shape index (κ3) is 6.80. The fraction of sp³-hybridized carbons (Fsp3) is 0.556. The summed E-state index contributed by atoms with van der Waals surface area (Å²) >= 11 is 0. The SMILES string of the molecule is CN(C)C[C@@H]1CCCC[C@]1(O)Cc1ccccc1F.O=C(O)C(=O)O. The van der Waals surface area contributed by atoms with Crippen molar-refractivity contribution in [3.63, 3.8) is 0 Å². The minimum absolute atomic E-state index is 0.204. The number of carbonyl (C=O) groups is 2. The molecule has 1 saturated carbocycles. The second kappa shape index (κ2) is 9.48. The molecule has 3 N–H and O–H groups in total. The Kier molecular flexibility index (Phi) is 7.99. The lowest BCUT2D eigenvalue weighted by Gasteiger charge is -2.41. The standard InChI is InChI=1S/C16H24FNO.C2H2O4/c1-18(2)12-14-8-5-6-10-16(14,19)11-13-7-3-4-9-15(13)17;3-1(4)2(5)6/h3-4,7,9,14,19H,5-6,8,10-12H2,1-2H3;(H,3,4)(H,5,6)/t14-,16-;/m0./s1. The minimum Gasteiger partial charge on any atom is -0.473 e. The predicted molar refractivity (Wildman–Crippen MR) is 90.8 cm³/mol. The molecule has 0 aliphatic heterocycles. The van der Waals surface area contributed by atoms with E-state index >= 15 is 0 Å². The van der Waals surface area contributed by atoms with Crippen LogP contribution in [0.1, 0.15) is 31.2 Å². The molecule has 0 radical (unpaired) electrons. The molecule has 1 aliphatic carbocycles. The number of nitrogens with zero attached hydrogens (tertiary/aromatic N) is 1. The Morgan fingerprint density at radius 2 is 1.80 bits per heavy atom. The molecule has 1 aromatic rings. The van der Waals surface area contributed by atoms with Crippen LogP contribution in [0.3, 0.4) is 0 Å². The molecular formula is C18H26FNO5. The molecule has 0 amide bonds. The molecule has 2 atom stereocenters. The van der Waals surface area contributed by atoms with Crippen LogP contribution in [0.25, 0.3) is 0 Å². The van der Waals surface area contributed by atoms with Crippen molar-refractivity contribution >= 4 is 11.9 Å². The maximum absolute atomic E-state index is 13.8. The molecule has 1 aromatic carbocycles. The summed E-state index contributed by atoms with van der Waals surface area (Å²) in [5, 5.41) is 25.7. The summed E-state index contributed by atoms with van der Waals surface area (Å²) in [5.41, 5.74) is -0.124. The van der Waals surface area contributed by atoms with Crippen molar-refractivity contribution in [3.05, 3.63) is 35.6 Å². The predicted octanol–water partition coefficient (Wildman–Crippen LogP) is 2.01. The lowest BCUT2D eigenvalue weighted by atomic mass is 9.72. The van der Waals surface area contributed by atoms with Gasteiger partial charge in [0.2, 0.25) is 0 Å². The maximum Gasteiger partial charge on any atom is 0.414 e. The van der Waals surface area contributed by atoms with Gasteiger partial charge in [0.1, 0.15) is 5.82 Å². The van der Waals surface area contributed by atoms with Gasteiger partial charge in [-0.05, 0) is 38.6 Å². The number of carboxylic acid groups (broad SMARTS) is 2. The number of aliphatic carboxylic acids is 2. The summed E-state index contributed by atoms with van der Waals surface area (Å²) in [6.45, 7) is 0.866. The molecule has 0 bridgehead atoms. The lowest BCUT2D eigenvalue weighted by molar-refractivity contribution is -0.159. The van der Waals surface area contributed by atoms with Crippen LogP contribution in [0.4, 0.5) is 4.39 Å². The highest BCUT2D eigenvalue weighted by atomic mass is 19.1.